The molecule has 6 heteroatoms. The van der Waals surface area contributed by atoms with Gasteiger partial charge in [-0.2, -0.15) is 5.10 Å². The van der Waals surface area contributed by atoms with Crippen molar-refractivity contribution < 1.29 is 4.79 Å². The number of rotatable bonds is 5. The minimum Gasteiger partial charge on any atom is -0.352 e. The van der Waals surface area contributed by atoms with E-state index < -0.39 is 0 Å². The maximum absolute atomic E-state index is 12.4. The molecule has 1 amide bonds. The Balaban J connectivity index is 0.00000264. The van der Waals surface area contributed by atoms with Gasteiger partial charge in [0, 0.05) is 6.54 Å². The minimum atomic E-state index is -0.0996. The lowest BCUT2D eigenvalue weighted by molar-refractivity contribution is 0.0949. The van der Waals surface area contributed by atoms with Gasteiger partial charge in [0.15, 0.2) is 0 Å². The topological polar surface area (TPSA) is 59.0 Å². The zero-order valence-electron chi connectivity index (χ0n) is 14.8. The molecular formula is C17H31ClN4O. The molecule has 2 rings (SSSR count). The van der Waals surface area contributed by atoms with E-state index in [1.54, 1.807) is 6.20 Å². The lowest BCUT2D eigenvalue weighted by Gasteiger charge is -2.23. The maximum Gasteiger partial charge on any atom is 0.254 e. The van der Waals surface area contributed by atoms with Crippen LogP contribution in [-0.4, -0.2) is 35.3 Å². The normalized spacial score (nSPS) is 18.3. The molecule has 0 saturated carbocycles. The highest BCUT2D eigenvalue weighted by molar-refractivity contribution is 5.95. The van der Waals surface area contributed by atoms with E-state index in [1.165, 1.54) is 12.8 Å². The number of nitrogens with one attached hydrogen (secondary N) is 2. The summed E-state index contributed by atoms with van der Waals surface area (Å²) in [5.74, 6) is 0.702. The fourth-order valence-electron chi connectivity index (χ4n) is 3.14. The number of hydrogen-bond acceptors (Lipinski definition) is 3. The number of halogens is 1. The first-order valence-electron chi connectivity index (χ1n) is 8.49. The van der Waals surface area contributed by atoms with Crippen molar-refractivity contribution in [2.24, 2.45) is 5.92 Å². The van der Waals surface area contributed by atoms with Crippen LogP contribution < -0.4 is 10.6 Å². The first-order chi connectivity index (χ1) is 10.4. The molecule has 23 heavy (non-hydrogen) atoms. The lowest BCUT2D eigenvalue weighted by atomic mass is 9.96. The molecule has 1 aromatic heterocycles. The van der Waals surface area contributed by atoms with E-state index in [1.807, 2.05) is 4.68 Å². The zero-order valence-corrected chi connectivity index (χ0v) is 15.6. The summed E-state index contributed by atoms with van der Waals surface area (Å²) >= 11 is 0. The average molecular weight is 343 g/mol. The predicted octanol–water partition coefficient (Wildman–Crippen LogP) is 2.74. The smallest absolute Gasteiger partial charge is 0.254 e. The molecule has 1 unspecified atom stereocenters. The first-order valence-corrected chi connectivity index (χ1v) is 8.49. The molecular weight excluding hydrogens is 312 g/mol. The molecule has 5 nitrogen and oxygen atoms in total. The third kappa shape index (κ3) is 5.21. The van der Waals surface area contributed by atoms with Crippen molar-refractivity contribution in [1.82, 2.24) is 20.4 Å². The second-order valence-electron chi connectivity index (χ2n) is 7.20. The average Bonchev–Trinajstić information content (AvgIpc) is 2.92. The molecule has 1 aromatic rings. The van der Waals surface area contributed by atoms with Crippen LogP contribution in [0.5, 0.6) is 0 Å². The van der Waals surface area contributed by atoms with Crippen molar-refractivity contribution in [2.75, 3.05) is 19.6 Å². The van der Waals surface area contributed by atoms with Crippen LogP contribution >= 0.6 is 12.4 Å². The molecule has 2 N–H and O–H groups in total. The number of nitrogens with zero attached hydrogens (tertiary/aromatic N) is 2. The minimum absolute atomic E-state index is 0. The summed E-state index contributed by atoms with van der Waals surface area (Å²) in [6.45, 7) is 11.4. The van der Waals surface area contributed by atoms with E-state index in [4.69, 9.17) is 0 Å². The Hall–Kier alpha value is -1.07. The van der Waals surface area contributed by atoms with Gasteiger partial charge in [-0.3, -0.25) is 9.48 Å². The summed E-state index contributed by atoms with van der Waals surface area (Å²) in [6.07, 6.45) is 6.09. The van der Waals surface area contributed by atoms with E-state index in [-0.39, 0.29) is 23.9 Å². The first kappa shape index (κ1) is 20.0. The molecule has 1 aliphatic rings. The highest BCUT2D eigenvalue weighted by Crippen LogP contribution is 2.20. The standard InChI is InChI=1S/C17H30N4O.ClH/c1-5-15-14(12-20-21(15)17(2,3)4)16(22)19-10-8-13-7-6-9-18-11-13;/h12-13,18H,5-11H2,1-4H3,(H,19,22);1H. The molecule has 2 heterocycles. The molecule has 0 bridgehead atoms. The second kappa shape index (κ2) is 8.69. The fraction of sp³-hybridized carbons (Fsp3) is 0.765. The zero-order chi connectivity index (χ0) is 16.2. The molecule has 132 valence electrons. The summed E-state index contributed by atoms with van der Waals surface area (Å²) in [7, 11) is 0. The van der Waals surface area contributed by atoms with Crippen LogP contribution in [0.4, 0.5) is 0 Å². The highest BCUT2D eigenvalue weighted by atomic mass is 35.5. The van der Waals surface area contributed by atoms with Crippen molar-refractivity contribution >= 4 is 18.3 Å². The molecule has 0 spiro atoms. The van der Waals surface area contributed by atoms with Gasteiger partial charge in [-0.25, -0.2) is 0 Å². The quantitative estimate of drug-likeness (QED) is 0.865. The van der Waals surface area contributed by atoms with Crippen LogP contribution in [0.1, 0.15) is 63.0 Å². The Morgan fingerprint density at radius 3 is 2.78 bits per heavy atom. The Bertz CT molecular complexity index is 501. The van der Waals surface area contributed by atoms with Crippen molar-refractivity contribution in [3.05, 3.63) is 17.5 Å². The van der Waals surface area contributed by atoms with E-state index in [2.05, 4.69) is 43.4 Å². The Morgan fingerprint density at radius 2 is 2.22 bits per heavy atom. The number of amides is 1. The summed E-state index contributed by atoms with van der Waals surface area (Å²) < 4.78 is 1.97. The third-order valence-corrected chi connectivity index (χ3v) is 4.32. The molecule has 0 radical (unpaired) electrons. The second-order valence-corrected chi connectivity index (χ2v) is 7.20. The summed E-state index contributed by atoms with van der Waals surface area (Å²) in [5, 5.41) is 10.9. The number of carbonyl (C=O) groups is 1. The third-order valence-electron chi connectivity index (χ3n) is 4.32. The van der Waals surface area contributed by atoms with E-state index in [9.17, 15) is 4.79 Å². The number of aromatic nitrogens is 2. The van der Waals surface area contributed by atoms with Crippen molar-refractivity contribution in [3.63, 3.8) is 0 Å². The largest absolute Gasteiger partial charge is 0.352 e. The van der Waals surface area contributed by atoms with Gasteiger partial charge in [-0.1, -0.05) is 6.92 Å². The van der Waals surface area contributed by atoms with Crippen LogP contribution in [0.25, 0.3) is 0 Å². The van der Waals surface area contributed by atoms with Crippen LogP contribution in [0.15, 0.2) is 6.20 Å². The Labute approximate surface area is 146 Å². The van der Waals surface area contributed by atoms with E-state index >= 15 is 0 Å². The van der Waals surface area contributed by atoms with Crippen LogP contribution in [-0.2, 0) is 12.0 Å². The van der Waals surface area contributed by atoms with Gasteiger partial charge in [-0.05, 0) is 65.5 Å². The van der Waals surface area contributed by atoms with Gasteiger partial charge in [0.25, 0.3) is 5.91 Å². The molecule has 1 atom stereocenters. The monoisotopic (exact) mass is 342 g/mol. The van der Waals surface area contributed by atoms with Gasteiger partial charge in [0.1, 0.15) is 0 Å². The van der Waals surface area contributed by atoms with Crippen LogP contribution in [0.2, 0.25) is 0 Å². The number of carbonyl (C=O) groups excluding carboxylic acids is 1. The molecule has 1 aliphatic heterocycles. The van der Waals surface area contributed by atoms with Gasteiger partial charge < -0.3 is 10.6 Å². The van der Waals surface area contributed by atoms with Crippen molar-refractivity contribution in [2.45, 2.75) is 58.9 Å². The maximum atomic E-state index is 12.4. The van der Waals surface area contributed by atoms with Gasteiger partial charge in [0.05, 0.1) is 23.0 Å². The molecule has 0 aromatic carbocycles. The predicted molar refractivity (Wildman–Crippen MR) is 96.4 cm³/mol. The molecule has 0 aliphatic carbocycles. The molecule has 1 fully saturated rings. The Kier molecular flexibility index (Phi) is 7.55. The van der Waals surface area contributed by atoms with Crippen LogP contribution in [0, 0.1) is 5.92 Å². The summed E-state index contributed by atoms with van der Waals surface area (Å²) in [5.41, 5.74) is 1.64. The van der Waals surface area contributed by atoms with E-state index in [0.29, 0.717) is 5.92 Å². The fourth-order valence-corrected chi connectivity index (χ4v) is 3.14. The number of hydrogen-bond donors (Lipinski definition) is 2. The van der Waals surface area contributed by atoms with E-state index in [0.717, 1.165) is 43.7 Å². The molecule has 1 saturated heterocycles. The number of piperidine rings is 1. The van der Waals surface area contributed by atoms with Crippen molar-refractivity contribution in [1.29, 1.82) is 0 Å². The summed E-state index contributed by atoms with van der Waals surface area (Å²) in [6, 6.07) is 0. The van der Waals surface area contributed by atoms with Gasteiger partial charge >= 0.3 is 0 Å². The lowest BCUT2D eigenvalue weighted by Crippen LogP contribution is -2.33. The van der Waals surface area contributed by atoms with Gasteiger partial charge in [-0.15, -0.1) is 12.4 Å². The van der Waals surface area contributed by atoms with Crippen LogP contribution in [0.3, 0.4) is 0 Å². The Morgan fingerprint density at radius 1 is 1.48 bits per heavy atom. The summed E-state index contributed by atoms with van der Waals surface area (Å²) in [4.78, 5) is 12.4. The van der Waals surface area contributed by atoms with Gasteiger partial charge in [0.2, 0.25) is 0 Å². The SMILES string of the molecule is CCc1c(C(=O)NCCC2CCCNC2)cnn1C(C)(C)C.Cl. The highest BCUT2D eigenvalue weighted by Gasteiger charge is 2.23. The van der Waals surface area contributed by atoms with Crippen molar-refractivity contribution in [3.8, 4) is 0 Å².